The van der Waals surface area contributed by atoms with Crippen LogP contribution < -0.4 is 20.5 Å². The zero-order valence-corrected chi connectivity index (χ0v) is 17.1. The van der Waals surface area contributed by atoms with Gasteiger partial charge in [0.05, 0.1) is 5.41 Å². The Morgan fingerprint density at radius 3 is 2.60 bits per heavy atom. The van der Waals surface area contributed by atoms with Crippen LogP contribution in [-0.4, -0.2) is 18.6 Å². The van der Waals surface area contributed by atoms with Gasteiger partial charge < -0.3 is 14.8 Å². The molecule has 1 aliphatic carbocycles. The van der Waals surface area contributed by atoms with E-state index < -0.39 is 11.3 Å². The van der Waals surface area contributed by atoms with Gasteiger partial charge in [0.15, 0.2) is 11.5 Å². The predicted octanol–water partition coefficient (Wildman–Crippen LogP) is 4.55. The zero-order valence-electron chi connectivity index (χ0n) is 16.3. The van der Waals surface area contributed by atoms with Gasteiger partial charge in [0.1, 0.15) is 4.88 Å². The van der Waals surface area contributed by atoms with Crippen molar-refractivity contribution >= 4 is 28.8 Å². The van der Waals surface area contributed by atoms with Crippen LogP contribution in [0.3, 0.4) is 0 Å². The Kier molecular flexibility index (Phi) is 4.29. The van der Waals surface area contributed by atoms with E-state index in [-0.39, 0.29) is 12.7 Å². The normalized spacial score (nSPS) is 15.6. The number of fused-ring (bicyclic) bond motifs is 1. The average Bonchev–Trinajstić information content (AvgIpc) is 3.18. The molecule has 5 rings (SSSR count). The molecule has 1 aliphatic heterocycles. The fraction of sp³-hybridized carbons (Fsp3) is 0.217. The van der Waals surface area contributed by atoms with Crippen LogP contribution in [0.2, 0.25) is 0 Å². The topological polar surface area (TPSA) is 88.4 Å². The Balaban J connectivity index is 1.43. The third kappa shape index (κ3) is 3.02. The van der Waals surface area contributed by atoms with Gasteiger partial charge in [-0.2, -0.15) is 0 Å². The molecular formula is C23H19N2O4S. The maximum atomic E-state index is 13.2. The van der Waals surface area contributed by atoms with Crippen molar-refractivity contribution in [2.75, 3.05) is 12.1 Å². The largest absolute Gasteiger partial charge is 0.454 e. The summed E-state index contributed by atoms with van der Waals surface area (Å²) in [6.07, 6.45) is 1.55. The lowest BCUT2D eigenvalue weighted by atomic mass is 9.94. The molecule has 2 aliphatic rings. The fourth-order valence-corrected chi connectivity index (χ4v) is 4.66. The number of benzene rings is 2. The number of carbonyl (C=O) groups excluding carboxylic acids is 2. The number of amides is 2. The average molecular weight is 419 g/mol. The lowest BCUT2D eigenvalue weighted by Crippen LogP contribution is -2.27. The Morgan fingerprint density at radius 1 is 1.03 bits per heavy atom. The van der Waals surface area contributed by atoms with Crippen molar-refractivity contribution in [3.63, 3.8) is 0 Å². The number of aryl methyl sites for hydroxylation is 1. The summed E-state index contributed by atoms with van der Waals surface area (Å²) in [5.74, 6) is 0.620. The van der Waals surface area contributed by atoms with E-state index in [2.05, 4.69) is 5.32 Å². The molecule has 2 amide bonds. The third-order valence-electron chi connectivity index (χ3n) is 5.77. The van der Waals surface area contributed by atoms with E-state index >= 15 is 0 Å². The lowest BCUT2D eigenvalue weighted by Gasteiger charge is -2.17. The maximum Gasteiger partial charge on any atom is 0.280 e. The molecule has 30 heavy (non-hydrogen) atoms. The number of ether oxygens (including phenoxy) is 2. The van der Waals surface area contributed by atoms with Crippen molar-refractivity contribution in [1.29, 1.82) is 0 Å². The van der Waals surface area contributed by atoms with Crippen LogP contribution in [0.5, 0.6) is 11.5 Å². The number of hydrogen-bond donors (Lipinski definition) is 1. The summed E-state index contributed by atoms with van der Waals surface area (Å²) in [6, 6.07) is 13.2. The van der Waals surface area contributed by atoms with E-state index in [1.54, 1.807) is 5.38 Å². The standard InChI is InChI=1S/C23H19N2O4S/c1-13-2-4-15(11-17(13)16-6-9-30-20(16)21(24)26)25-22(27)23(7-8-23)14-3-5-18-19(10-14)29-12-28-18/h2-6,9-11,24H,7-8,12H2,1H3,(H,25,27). The number of thiophene rings is 1. The second-order valence-corrected chi connectivity index (χ2v) is 8.54. The molecule has 1 saturated carbocycles. The summed E-state index contributed by atoms with van der Waals surface area (Å²) < 4.78 is 10.8. The van der Waals surface area contributed by atoms with Gasteiger partial charge in [-0.05, 0) is 72.2 Å². The minimum atomic E-state index is -0.700. The molecule has 1 aromatic heterocycles. The first kappa shape index (κ1) is 18.7. The second kappa shape index (κ2) is 6.88. The molecule has 151 valence electrons. The summed E-state index contributed by atoms with van der Waals surface area (Å²) in [5, 5.41) is 4.86. The predicted molar refractivity (Wildman–Crippen MR) is 114 cm³/mol. The van der Waals surface area contributed by atoms with E-state index in [1.807, 2.05) is 49.4 Å². The van der Waals surface area contributed by atoms with E-state index in [4.69, 9.17) is 15.2 Å². The number of anilines is 1. The Hall–Kier alpha value is -3.32. The number of nitrogens with one attached hydrogen (secondary N) is 2. The van der Waals surface area contributed by atoms with Crippen molar-refractivity contribution in [3.05, 3.63) is 63.8 Å². The quantitative estimate of drug-likeness (QED) is 0.657. The summed E-state index contributed by atoms with van der Waals surface area (Å²) in [6.45, 7) is 2.15. The SMILES string of the molecule is Cc1ccc(NC(=O)C2(c3ccc4c(c3)OCO4)CC2)cc1-c1ccsc1C([NH])=O. The van der Waals surface area contributed by atoms with Crippen molar-refractivity contribution in [2.45, 2.75) is 25.2 Å². The van der Waals surface area contributed by atoms with Crippen molar-refractivity contribution in [3.8, 4) is 22.6 Å². The molecule has 3 aromatic rings. The Labute approximate surface area is 177 Å². The molecule has 0 atom stereocenters. The number of rotatable bonds is 5. The third-order valence-corrected chi connectivity index (χ3v) is 6.68. The first-order valence-electron chi connectivity index (χ1n) is 9.64. The fourth-order valence-electron chi connectivity index (χ4n) is 3.90. The van der Waals surface area contributed by atoms with Crippen LogP contribution in [0.25, 0.3) is 11.1 Å². The molecule has 0 unspecified atom stereocenters. The molecule has 0 bridgehead atoms. The first-order chi connectivity index (χ1) is 14.5. The molecule has 7 heteroatoms. The highest BCUT2D eigenvalue weighted by atomic mass is 32.1. The summed E-state index contributed by atoms with van der Waals surface area (Å²) >= 11 is 1.26. The molecule has 1 fully saturated rings. The molecule has 6 nitrogen and oxygen atoms in total. The Morgan fingerprint density at radius 2 is 1.83 bits per heavy atom. The summed E-state index contributed by atoms with van der Waals surface area (Å²) in [4.78, 5) is 25.2. The van der Waals surface area contributed by atoms with E-state index in [9.17, 15) is 9.59 Å². The molecule has 2 N–H and O–H groups in total. The Bertz CT molecular complexity index is 1180. The van der Waals surface area contributed by atoms with Gasteiger partial charge in [-0.15, -0.1) is 11.3 Å². The molecular weight excluding hydrogens is 400 g/mol. The van der Waals surface area contributed by atoms with E-state index in [0.29, 0.717) is 22.1 Å². The van der Waals surface area contributed by atoms with Crippen LogP contribution in [0.15, 0.2) is 47.8 Å². The van der Waals surface area contributed by atoms with Crippen LogP contribution in [0.4, 0.5) is 5.69 Å². The van der Waals surface area contributed by atoms with Gasteiger partial charge in [0.2, 0.25) is 12.7 Å². The molecule has 2 heterocycles. The molecule has 0 saturated heterocycles. The van der Waals surface area contributed by atoms with Gasteiger partial charge in [0.25, 0.3) is 5.91 Å². The summed E-state index contributed by atoms with van der Waals surface area (Å²) in [5.41, 5.74) is 11.1. The first-order valence-corrected chi connectivity index (χ1v) is 10.5. The zero-order chi connectivity index (χ0) is 20.9. The van der Waals surface area contributed by atoms with Crippen LogP contribution in [-0.2, 0) is 10.2 Å². The second-order valence-electron chi connectivity index (χ2n) is 7.63. The minimum Gasteiger partial charge on any atom is -0.454 e. The van der Waals surface area contributed by atoms with Gasteiger partial charge in [0, 0.05) is 11.3 Å². The van der Waals surface area contributed by atoms with Gasteiger partial charge >= 0.3 is 0 Å². The highest BCUT2D eigenvalue weighted by molar-refractivity contribution is 7.12. The highest BCUT2D eigenvalue weighted by Gasteiger charge is 2.51. The van der Waals surface area contributed by atoms with Crippen LogP contribution in [0.1, 0.15) is 33.6 Å². The maximum absolute atomic E-state index is 13.2. The molecule has 1 radical (unpaired) electrons. The smallest absolute Gasteiger partial charge is 0.280 e. The summed E-state index contributed by atoms with van der Waals surface area (Å²) in [7, 11) is 0. The number of carbonyl (C=O) groups is 2. The van der Waals surface area contributed by atoms with Crippen molar-refractivity contribution < 1.29 is 19.1 Å². The van der Waals surface area contributed by atoms with Gasteiger partial charge in [-0.1, -0.05) is 12.1 Å². The minimum absolute atomic E-state index is 0.0571. The van der Waals surface area contributed by atoms with Crippen LogP contribution in [0, 0.1) is 6.92 Å². The molecule has 2 aromatic carbocycles. The van der Waals surface area contributed by atoms with Crippen molar-refractivity contribution in [1.82, 2.24) is 5.73 Å². The van der Waals surface area contributed by atoms with Crippen molar-refractivity contribution in [2.24, 2.45) is 0 Å². The van der Waals surface area contributed by atoms with E-state index in [0.717, 1.165) is 35.1 Å². The van der Waals surface area contributed by atoms with Gasteiger partial charge in [-0.25, -0.2) is 0 Å². The van der Waals surface area contributed by atoms with Gasteiger partial charge in [-0.3, -0.25) is 15.3 Å². The van der Waals surface area contributed by atoms with E-state index in [1.165, 1.54) is 11.3 Å². The number of hydrogen-bond acceptors (Lipinski definition) is 5. The monoisotopic (exact) mass is 419 g/mol. The molecule has 0 spiro atoms. The van der Waals surface area contributed by atoms with Crippen LogP contribution >= 0.6 is 11.3 Å². The lowest BCUT2D eigenvalue weighted by molar-refractivity contribution is -0.118. The highest BCUT2D eigenvalue weighted by Crippen LogP contribution is 2.51.